The molecule has 2 rings (SSSR count). The van der Waals surface area contributed by atoms with E-state index in [-0.39, 0.29) is 11.6 Å². The number of rotatable bonds is 6. The van der Waals surface area contributed by atoms with E-state index in [0.29, 0.717) is 5.39 Å². The number of nitrogens with one attached hydrogen (secondary N) is 1. The van der Waals surface area contributed by atoms with Crippen LogP contribution in [0.15, 0.2) is 29.1 Å². The van der Waals surface area contributed by atoms with E-state index in [0.717, 1.165) is 37.1 Å². The van der Waals surface area contributed by atoms with Gasteiger partial charge in [-0.25, -0.2) is 4.98 Å². The van der Waals surface area contributed by atoms with Crippen molar-refractivity contribution in [1.29, 1.82) is 0 Å². The molecule has 0 aliphatic heterocycles. The van der Waals surface area contributed by atoms with E-state index in [2.05, 4.69) is 24.1 Å². The molecule has 2 aromatic rings. The SMILES string of the molecule is CCCCN[C@H](CC)c1nc2ccccc2c(=O)n1C. The summed E-state index contributed by atoms with van der Waals surface area (Å²) in [5.74, 6) is 0.826. The van der Waals surface area contributed by atoms with Crippen LogP contribution in [0.2, 0.25) is 0 Å². The fraction of sp³-hybridized carbons (Fsp3) is 0.500. The van der Waals surface area contributed by atoms with Crippen molar-refractivity contribution in [2.45, 2.75) is 39.2 Å². The van der Waals surface area contributed by atoms with Gasteiger partial charge in [-0.1, -0.05) is 32.4 Å². The van der Waals surface area contributed by atoms with Crippen LogP contribution in [-0.2, 0) is 7.05 Å². The minimum Gasteiger partial charge on any atom is -0.307 e. The molecule has 0 spiro atoms. The summed E-state index contributed by atoms with van der Waals surface area (Å²) in [5.41, 5.74) is 0.808. The number of nitrogens with zero attached hydrogens (tertiary/aromatic N) is 2. The second-order valence-corrected chi connectivity index (χ2v) is 5.12. The maximum Gasteiger partial charge on any atom is 0.261 e. The molecule has 0 aliphatic carbocycles. The summed E-state index contributed by atoms with van der Waals surface area (Å²) < 4.78 is 1.68. The number of para-hydroxylation sites is 1. The summed E-state index contributed by atoms with van der Waals surface area (Å²) in [6.07, 6.45) is 3.22. The Hall–Kier alpha value is -1.68. The summed E-state index contributed by atoms with van der Waals surface area (Å²) in [7, 11) is 1.81. The van der Waals surface area contributed by atoms with Gasteiger partial charge in [0, 0.05) is 7.05 Å². The van der Waals surface area contributed by atoms with Crippen LogP contribution in [0.4, 0.5) is 0 Å². The summed E-state index contributed by atoms with van der Waals surface area (Å²) in [6.45, 7) is 5.25. The molecule has 1 aromatic heterocycles. The Kier molecular flexibility index (Phi) is 4.90. The number of fused-ring (bicyclic) bond motifs is 1. The molecule has 4 nitrogen and oxygen atoms in total. The molecule has 108 valence electrons. The summed E-state index contributed by atoms with van der Waals surface area (Å²) in [6, 6.07) is 7.66. The first kappa shape index (κ1) is 14.7. The van der Waals surface area contributed by atoms with Gasteiger partial charge in [-0.3, -0.25) is 9.36 Å². The molecule has 0 saturated carbocycles. The van der Waals surface area contributed by atoms with Crippen molar-refractivity contribution >= 4 is 10.9 Å². The van der Waals surface area contributed by atoms with Crippen molar-refractivity contribution in [3.8, 4) is 0 Å². The number of benzene rings is 1. The van der Waals surface area contributed by atoms with E-state index < -0.39 is 0 Å². The topological polar surface area (TPSA) is 46.9 Å². The van der Waals surface area contributed by atoms with Gasteiger partial charge in [-0.15, -0.1) is 0 Å². The first-order valence-corrected chi connectivity index (χ1v) is 7.38. The van der Waals surface area contributed by atoms with E-state index in [1.165, 1.54) is 0 Å². The normalized spacial score (nSPS) is 12.8. The third-order valence-corrected chi connectivity index (χ3v) is 3.66. The standard InChI is InChI=1S/C16H23N3O/c1-4-6-11-17-13(5-2)15-18-14-10-8-7-9-12(14)16(20)19(15)3/h7-10,13,17H,4-6,11H2,1-3H3/t13-/m1/s1. The molecular formula is C16H23N3O. The molecule has 1 aromatic carbocycles. The number of unbranched alkanes of at least 4 members (excludes halogenated alkanes) is 1. The fourth-order valence-corrected chi connectivity index (χ4v) is 2.42. The van der Waals surface area contributed by atoms with Crippen LogP contribution in [0.25, 0.3) is 10.9 Å². The third kappa shape index (κ3) is 2.90. The quantitative estimate of drug-likeness (QED) is 0.823. The lowest BCUT2D eigenvalue weighted by molar-refractivity contribution is 0.468. The van der Waals surface area contributed by atoms with Crippen molar-refractivity contribution in [1.82, 2.24) is 14.9 Å². The van der Waals surface area contributed by atoms with Gasteiger partial charge >= 0.3 is 0 Å². The van der Waals surface area contributed by atoms with E-state index in [9.17, 15) is 4.79 Å². The Morgan fingerprint density at radius 3 is 2.75 bits per heavy atom. The zero-order valence-corrected chi connectivity index (χ0v) is 12.5. The molecule has 0 unspecified atom stereocenters. The number of hydrogen-bond acceptors (Lipinski definition) is 3. The Morgan fingerprint density at radius 1 is 1.30 bits per heavy atom. The maximum absolute atomic E-state index is 12.4. The predicted octanol–water partition coefficient (Wildman–Crippen LogP) is 2.77. The van der Waals surface area contributed by atoms with Crippen molar-refractivity contribution in [2.24, 2.45) is 7.05 Å². The van der Waals surface area contributed by atoms with Crippen LogP contribution in [0.5, 0.6) is 0 Å². The monoisotopic (exact) mass is 273 g/mol. The third-order valence-electron chi connectivity index (χ3n) is 3.66. The second-order valence-electron chi connectivity index (χ2n) is 5.12. The Balaban J connectivity index is 2.42. The van der Waals surface area contributed by atoms with Gasteiger partial charge in [0.15, 0.2) is 0 Å². The average Bonchev–Trinajstić information content (AvgIpc) is 2.48. The lowest BCUT2D eigenvalue weighted by Crippen LogP contribution is -2.31. The highest BCUT2D eigenvalue weighted by Crippen LogP contribution is 2.16. The highest BCUT2D eigenvalue weighted by atomic mass is 16.1. The molecule has 0 bridgehead atoms. The molecule has 1 N–H and O–H groups in total. The molecule has 0 amide bonds. The molecule has 1 atom stereocenters. The molecular weight excluding hydrogens is 250 g/mol. The lowest BCUT2D eigenvalue weighted by Gasteiger charge is -2.19. The molecule has 0 radical (unpaired) electrons. The predicted molar refractivity (Wildman–Crippen MR) is 82.9 cm³/mol. The van der Waals surface area contributed by atoms with Crippen LogP contribution >= 0.6 is 0 Å². The van der Waals surface area contributed by atoms with Gasteiger partial charge in [0.2, 0.25) is 0 Å². The van der Waals surface area contributed by atoms with Crippen molar-refractivity contribution in [3.05, 3.63) is 40.4 Å². The van der Waals surface area contributed by atoms with Gasteiger partial charge in [0.1, 0.15) is 5.82 Å². The molecule has 0 aliphatic rings. The van der Waals surface area contributed by atoms with Gasteiger partial charge in [0.25, 0.3) is 5.56 Å². The molecule has 0 saturated heterocycles. The average molecular weight is 273 g/mol. The second kappa shape index (κ2) is 6.66. The fourth-order valence-electron chi connectivity index (χ4n) is 2.42. The Labute approximate surface area is 119 Å². The van der Waals surface area contributed by atoms with Crippen LogP contribution in [-0.4, -0.2) is 16.1 Å². The molecule has 20 heavy (non-hydrogen) atoms. The summed E-state index contributed by atoms with van der Waals surface area (Å²) >= 11 is 0. The highest BCUT2D eigenvalue weighted by molar-refractivity contribution is 5.77. The minimum absolute atomic E-state index is 0.0290. The zero-order valence-electron chi connectivity index (χ0n) is 12.5. The Bertz CT molecular complexity index is 633. The Morgan fingerprint density at radius 2 is 2.05 bits per heavy atom. The summed E-state index contributed by atoms with van der Waals surface area (Å²) in [4.78, 5) is 17.1. The molecule has 1 heterocycles. The van der Waals surface area contributed by atoms with E-state index in [1.807, 2.05) is 24.3 Å². The van der Waals surface area contributed by atoms with Crippen molar-refractivity contribution in [3.63, 3.8) is 0 Å². The van der Waals surface area contributed by atoms with Crippen LogP contribution < -0.4 is 10.9 Å². The number of aromatic nitrogens is 2. The first-order chi connectivity index (χ1) is 9.69. The van der Waals surface area contributed by atoms with Crippen LogP contribution in [0.1, 0.15) is 45.0 Å². The largest absolute Gasteiger partial charge is 0.307 e. The van der Waals surface area contributed by atoms with Gasteiger partial charge in [-0.05, 0) is 31.5 Å². The van der Waals surface area contributed by atoms with Crippen molar-refractivity contribution in [2.75, 3.05) is 6.54 Å². The van der Waals surface area contributed by atoms with E-state index >= 15 is 0 Å². The van der Waals surface area contributed by atoms with Crippen molar-refractivity contribution < 1.29 is 0 Å². The molecule has 4 heteroatoms. The van der Waals surface area contributed by atoms with E-state index in [4.69, 9.17) is 0 Å². The van der Waals surface area contributed by atoms with Crippen LogP contribution in [0.3, 0.4) is 0 Å². The van der Waals surface area contributed by atoms with Crippen LogP contribution in [0, 0.1) is 0 Å². The maximum atomic E-state index is 12.4. The smallest absolute Gasteiger partial charge is 0.261 e. The zero-order chi connectivity index (χ0) is 14.5. The van der Waals surface area contributed by atoms with Gasteiger partial charge in [-0.2, -0.15) is 0 Å². The first-order valence-electron chi connectivity index (χ1n) is 7.38. The minimum atomic E-state index is 0.0290. The van der Waals surface area contributed by atoms with Gasteiger partial charge in [0.05, 0.1) is 16.9 Å². The molecule has 0 fully saturated rings. The number of hydrogen-bond donors (Lipinski definition) is 1. The van der Waals surface area contributed by atoms with Gasteiger partial charge < -0.3 is 5.32 Å². The highest BCUT2D eigenvalue weighted by Gasteiger charge is 2.15. The van der Waals surface area contributed by atoms with E-state index in [1.54, 1.807) is 11.6 Å². The lowest BCUT2D eigenvalue weighted by atomic mass is 10.1. The summed E-state index contributed by atoms with van der Waals surface area (Å²) in [5, 5.41) is 4.18.